The maximum absolute atomic E-state index is 13.0. The molecule has 25 heavy (non-hydrogen) atoms. The highest BCUT2D eigenvalue weighted by Gasteiger charge is 2.34. The fourth-order valence-electron chi connectivity index (χ4n) is 2.33. The number of nitrogens with one attached hydrogen (secondary N) is 1. The standard InChI is InChI=1S/C17H12FIN2O4/c1-25-14-8-9(7-13(19)15(14)22)6-12-16(23)20-21(17(12)24)11-4-2-10(18)3-5-11/h2-8,22H,1H3,(H,20,23)/b12-6+. The quantitative estimate of drug-likeness (QED) is 0.425. The number of hydrogen-bond donors (Lipinski definition) is 2. The molecule has 1 fully saturated rings. The summed E-state index contributed by atoms with van der Waals surface area (Å²) in [5, 5.41) is 10.9. The van der Waals surface area contributed by atoms with E-state index in [4.69, 9.17) is 4.74 Å². The molecule has 3 rings (SSSR count). The predicted molar refractivity (Wildman–Crippen MR) is 97.4 cm³/mol. The smallest absolute Gasteiger partial charge is 0.282 e. The van der Waals surface area contributed by atoms with Crippen LogP contribution in [0.5, 0.6) is 11.5 Å². The monoisotopic (exact) mass is 454 g/mol. The summed E-state index contributed by atoms with van der Waals surface area (Å²) in [6.45, 7) is 0. The second-order valence-corrected chi connectivity index (χ2v) is 6.33. The lowest BCUT2D eigenvalue weighted by atomic mass is 10.1. The lowest BCUT2D eigenvalue weighted by Crippen LogP contribution is -2.35. The average Bonchev–Trinajstić information content (AvgIpc) is 2.86. The van der Waals surface area contributed by atoms with Crippen LogP contribution < -0.4 is 15.2 Å². The largest absolute Gasteiger partial charge is 0.504 e. The van der Waals surface area contributed by atoms with Crippen LogP contribution in [0.15, 0.2) is 42.0 Å². The molecule has 1 aliphatic rings. The van der Waals surface area contributed by atoms with Gasteiger partial charge in [0.25, 0.3) is 11.8 Å². The van der Waals surface area contributed by atoms with Crippen LogP contribution in [0.25, 0.3) is 6.08 Å². The summed E-state index contributed by atoms with van der Waals surface area (Å²) in [4.78, 5) is 24.7. The highest BCUT2D eigenvalue weighted by molar-refractivity contribution is 14.1. The van der Waals surface area contributed by atoms with Gasteiger partial charge in [0.2, 0.25) is 0 Å². The van der Waals surface area contributed by atoms with Gasteiger partial charge in [0.15, 0.2) is 11.5 Å². The van der Waals surface area contributed by atoms with E-state index in [1.54, 1.807) is 6.07 Å². The Morgan fingerprint density at radius 2 is 1.92 bits per heavy atom. The third kappa shape index (κ3) is 3.29. The number of halogens is 2. The van der Waals surface area contributed by atoms with E-state index in [0.717, 1.165) is 5.01 Å². The summed E-state index contributed by atoms with van der Waals surface area (Å²) in [6.07, 6.45) is 1.41. The Morgan fingerprint density at radius 3 is 2.56 bits per heavy atom. The number of methoxy groups -OCH3 is 1. The van der Waals surface area contributed by atoms with Crippen LogP contribution >= 0.6 is 22.6 Å². The molecule has 1 heterocycles. The van der Waals surface area contributed by atoms with Crippen LogP contribution in [0.1, 0.15) is 5.56 Å². The van der Waals surface area contributed by atoms with Crippen molar-refractivity contribution in [1.82, 2.24) is 5.43 Å². The summed E-state index contributed by atoms with van der Waals surface area (Å²) >= 11 is 1.92. The van der Waals surface area contributed by atoms with Crippen molar-refractivity contribution < 1.29 is 23.8 Å². The highest BCUT2D eigenvalue weighted by Crippen LogP contribution is 2.33. The van der Waals surface area contributed by atoms with Crippen molar-refractivity contribution >= 4 is 46.2 Å². The van der Waals surface area contributed by atoms with Gasteiger partial charge in [-0.15, -0.1) is 0 Å². The maximum Gasteiger partial charge on any atom is 0.282 e. The summed E-state index contributed by atoms with van der Waals surface area (Å²) in [7, 11) is 1.41. The number of carbonyl (C=O) groups excluding carboxylic acids is 2. The summed E-state index contributed by atoms with van der Waals surface area (Å²) in [5.41, 5.74) is 3.23. The predicted octanol–water partition coefficient (Wildman–Crippen LogP) is 2.61. The van der Waals surface area contributed by atoms with Crippen molar-refractivity contribution in [2.45, 2.75) is 0 Å². The van der Waals surface area contributed by atoms with Crippen molar-refractivity contribution in [2.24, 2.45) is 0 Å². The molecule has 128 valence electrons. The van der Waals surface area contributed by atoms with Gasteiger partial charge < -0.3 is 9.84 Å². The Labute approximate surface area is 156 Å². The number of carbonyl (C=O) groups is 2. The zero-order valence-electron chi connectivity index (χ0n) is 12.9. The topological polar surface area (TPSA) is 78.9 Å². The molecule has 0 saturated carbocycles. The van der Waals surface area contributed by atoms with Crippen LogP contribution in [0.3, 0.4) is 0 Å². The van der Waals surface area contributed by atoms with Gasteiger partial charge in [-0.25, -0.2) is 9.40 Å². The molecule has 2 aromatic carbocycles. The number of ether oxygens (including phenoxy) is 1. The van der Waals surface area contributed by atoms with Crippen LogP contribution in [0.4, 0.5) is 10.1 Å². The normalized spacial score (nSPS) is 15.6. The zero-order valence-corrected chi connectivity index (χ0v) is 15.1. The molecule has 8 heteroatoms. The maximum atomic E-state index is 13.0. The first kappa shape index (κ1) is 17.2. The zero-order chi connectivity index (χ0) is 18.1. The fourth-order valence-corrected chi connectivity index (χ4v) is 2.95. The Hall–Kier alpha value is -2.62. The number of phenols is 1. The second kappa shape index (κ2) is 6.71. The van der Waals surface area contributed by atoms with E-state index in [0.29, 0.717) is 14.8 Å². The van der Waals surface area contributed by atoms with Crippen molar-refractivity contribution in [3.63, 3.8) is 0 Å². The van der Waals surface area contributed by atoms with Gasteiger partial charge in [0, 0.05) is 0 Å². The van der Waals surface area contributed by atoms with Gasteiger partial charge in [-0.2, -0.15) is 0 Å². The van der Waals surface area contributed by atoms with Crippen LogP contribution in [0, 0.1) is 9.39 Å². The number of phenolic OH excluding ortho intramolecular Hbond substituents is 1. The van der Waals surface area contributed by atoms with E-state index in [1.807, 2.05) is 22.6 Å². The van der Waals surface area contributed by atoms with E-state index in [2.05, 4.69) is 5.43 Å². The first-order valence-electron chi connectivity index (χ1n) is 7.10. The number of hydrogen-bond acceptors (Lipinski definition) is 4. The van der Waals surface area contributed by atoms with E-state index in [1.165, 1.54) is 43.5 Å². The lowest BCUT2D eigenvalue weighted by molar-refractivity contribution is -0.117. The van der Waals surface area contributed by atoms with E-state index in [9.17, 15) is 19.1 Å². The second-order valence-electron chi connectivity index (χ2n) is 5.17. The van der Waals surface area contributed by atoms with Gasteiger partial charge in [-0.1, -0.05) is 0 Å². The highest BCUT2D eigenvalue weighted by atomic mass is 127. The molecule has 0 radical (unpaired) electrons. The fraction of sp³-hybridized carbons (Fsp3) is 0.0588. The number of hydrazine groups is 1. The molecule has 1 aliphatic heterocycles. The van der Waals surface area contributed by atoms with Crippen molar-refractivity contribution in [3.8, 4) is 11.5 Å². The Kier molecular flexibility index (Phi) is 4.62. The van der Waals surface area contributed by atoms with Gasteiger partial charge in [0.05, 0.1) is 16.4 Å². The number of nitrogens with zero attached hydrogens (tertiary/aromatic N) is 1. The van der Waals surface area contributed by atoms with Gasteiger partial charge in [0.1, 0.15) is 11.4 Å². The van der Waals surface area contributed by atoms with Crippen LogP contribution in [-0.2, 0) is 9.59 Å². The van der Waals surface area contributed by atoms with E-state index in [-0.39, 0.29) is 17.1 Å². The molecule has 2 aromatic rings. The Balaban J connectivity index is 1.96. The number of amides is 2. The minimum atomic E-state index is -0.573. The summed E-state index contributed by atoms with van der Waals surface area (Å²) in [5.74, 6) is -1.35. The number of benzene rings is 2. The van der Waals surface area contributed by atoms with Gasteiger partial charge >= 0.3 is 0 Å². The van der Waals surface area contributed by atoms with E-state index >= 15 is 0 Å². The van der Waals surface area contributed by atoms with Crippen molar-refractivity contribution in [2.75, 3.05) is 12.1 Å². The SMILES string of the molecule is COc1cc(/C=C2\C(=O)NN(c3ccc(F)cc3)C2=O)cc(I)c1O. The molecule has 2 amide bonds. The number of rotatable bonds is 3. The Bertz CT molecular complexity index is 896. The van der Waals surface area contributed by atoms with Gasteiger partial charge in [-0.05, 0) is 70.6 Å². The molecule has 1 saturated heterocycles. The molecule has 0 spiro atoms. The number of aromatic hydroxyl groups is 1. The van der Waals surface area contributed by atoms with Crippen LogP contribution in [-0.4, -0.2) is 24.0 Å². The third-order valence-corrected chi connectivity index (χ3v) is 4.38. The molecule has 0 bridgehead atoms. The molecular weight excluding hydrogens is 442 g/mol. The number of anilines is 1. The van der Waals surface area contributed by atoms with Crippen molar-refractivity contribution in [1.29, 1.82) is 0 Å². The molecule has 2 N–H and O–H groups in total. The summed E-state index contributed by atoms with van der Waals surface area (Å²) < 4.78 is 18.6. The molecular formula is C17H12FIN2O4. The molecule has 6 nitrogen and oxygen atoms in total. The van der Waals surface area contributed by atoms with Crippen molar-refractivity contribution in [3.05, 3.63) is 56.9 Å². The van der Waals surface area contributed by atoms with E-state index < -0.39 is 17.6 Å². The first-order chi connectivity index (χ1) is 11.9. The first-order valence-corrected chi connectivity index (χ1v) is 8.18. The summed E-state index contributed by atoms with van der Waals surface area (Å²) in [6, 6.07) is 8.32. The lowest BCUT2D eigenvalue weighted by Gasteiger charge is -2.14. The molecule has 0 unspecified atom stereocenters. The van der Waals surface area contributed by atoms with Gasteiger partial charge in [-0.3, -0.25) is 15.0 Å². The third-order valence-electron chi connectivity index (χ3n) is 3.56. The minimum absolute atomic E-state index is 0.0135. The average molecular weight is 454 g/mol. The molecule has 0 aromatic heterocycles. The minimum Gasteiger partial charge on any atom is -0.504 e. The molecule has 0 atom stereocenters. The van der Waals surface area contributed by atoms with Crippen LogP contribution in [0.2, 0.25) is 0 Å². The molecule has 0 aliphatic carbocycles. The Morgan fingerprint density at radius 1 is 1.24 bits per heavy atom.